The van der Waals surface area contributed by atoms with Gasteiger partial charge in [-0.15, -0.1) is 11.3 Å². The van der Waals surface area contributed by atoms with Crippen LogP contribution in [0.5, 0.6) is 0 Å². The molecule has 1 aliphatic rings. The maximum Gasteiger partial charge on any atom is 0.422 e. The molecule has 0 atom stereocenters. The van der Waals surface area contributed by atoms with Gasteiger partial charge in [0.05, 0.1) is 10.6 Å². The molecule has 0 saturated carbocycles. The van der Waals surface area contributed by atoms with Gasteiger partial charge in [-0.25, -0.2) is 4.98 Å². The van der Waals surface area contributed by atoms with Crippen molar-refractivity contribution >= 4 is 17.4 Å². The number of hydrogen-bond acceptors (Lipinski definition) is 4. The van der Waals surface area contributed by atoms with Crippen LogP contribution in [0.2, 0.25) is 0 Å². The monoisotopic (exact) mass is 424 g/mol. The van der Waals surface area contributed by atoms with Crippen molar-refractivity contribution in [3.8, 4) is 32.5 Å². The third-order valence-electron chi connectivity index (χ3n) is 5.16. The third-order valence-corrected chi connectivity index (χ3v) is 6.28. The average molecular weight is 424 g/mol. The van der Waals surface area contributed by atoms with Crippen LogP contribution in [0, 0.1) is 0 Å². The van der Waals surface area contributed by atoms with Crippen LogP contribution < -0.4 is 0 Å². The summed E-state index contributed by atoms with van der Waals surface area (Å²) in [5.74, 6) is -0.329. The minimum Gasteiger partial charge on any atom is -0.352 e. The van der Waals surface area contributed by atoms with E-state index in [1.54, 1.807) is 36.4 Å². The van der Waals surface area contributed by atoms with Crippen LogP contribution in [0.3, 0.4) is 0 Å². The van der Waals surface area contributed by atoms with Crippen LogP contribution in [0.25, 0.3) is 38.5 Å². The summed E-state index contributed by atoms with van der Waals surface area (Å²) in [7, 11) is 0. The normalized spacial score (nSPS) is 13.0. The van der Waals surface area contributed by atoms with Crippen LogP contribution in [0.15, 0.2) is 59.6 Å². The van der Waals surface area contributed by atoms with E-state index in [1.165, 1.54) is 11.3 Å². The van der Waals surface area contributed by atoms with Gasteiger partial charge in [-0.2, -0.15) is 13.2 Å². The second kappa shape index (κ2) is 6.95. The van der Waals surface area contributed by atoms with Gasteiger partial charge < -0.3 is 4.52 Å². The first-order valence-electron chi connectivity index (χ1n) is 9.34. The van der Waals surface area contributed by atoms with Crippen molar-refractivity contribution in [1.82, 2.24) is 10.1 Å². The van der Waals surface area contributed by atoms with Crippen molar-refractivity contribution in [2.24, 2.45) is 0 Å². The lowest BCUT2D eigenvalue weighted by Crippen LogP contribution is -2.07. The Morgan fingerprint density at radius 1 is 1.07 bits per heavy atom. The Kier molecular flexibility index (Phi) is 4.36. The van der Waals surface area contributed by atoms with E-state index < -0.39 is 11.7 Å². The Morgan fingerprint density at radius 2 is 1.87 bits per heavy atom. The molecule has 1 aliphatic carbocycles. The van der Waals surface area contributed by atoms with Gasteiger partial charge in [0.15, 0.2) is 5.01 Å². The van der Waals surface area contributed by atoms with Crippen molar-refractivity contribution < 1.29 is 17.7 Å². The number of aromatic nitrogens is 2. The predicted octanol–water partition coefficient (Wildman–Crippen LogP) is 6.89. The van der Waals surface area contributed by atoms with E-state index in [9.17, 15) is 13.2 Å². The lowest BCUT2D eigenvalue weighted by atomic mass is 9.92. The molecule has 0 spiro atoms. The van der Waals surface area contributed by atoms with Gasteiger partial charge in [0.2, 0.25) is 5.76 Å². The zero-order valence-corrected chi connectivity index (χ0v) is 16.5. The highest BCUT2D eigenvalue weighted by Gasteiger charge is 2.42. The highest BCUT2D eigenvalue weighted by atomic mass is 32.1. The number of hydrogen-bond donors (Lipinski definition) is 0. The van der Waals surface area contributed by atoms with E-state index in [1.807, 2.05) is 12.1 Å². The summed E-state index contributed by atoms with van der Waals surface area (Å²) in [5, 5.41) is 3.96. The molecule has 2 aromatic carbocycles. The van der Waals surface area contributed by atoms with Gasteiger partial charge in [0.1, 0.15) is 11.3 Å². The molecular weight excluding hydrogens is 409 g/mol. The van der Waals surface area contributed by atoms with Crippen molar-refractivity contribution in [1.29, 1.82) is 0 Å². The first kappa shape index (κ1) is 18.8. The number of benzene rings is 2. The second-order valence-corrected chi connectivity index (χ2v) is 8.01. The Labute approximate surface area is 174 Å². The van der Waals surface area contributed by atoms with Gasteiger partial charge in [0.25, 0.3) is 0 Å². The SMILES string of the molecule is C=Cc1ccc2c(c1)CCc1nc(-c3onc(-c4ccccc4)c3C(F)(F)F)sc1-2. The van der Waals surface area contributed by atoms with E-state index in [4.69, 9.17) is 4.52 Å². The van der Waals surface area contributed by atoms with Crippen molar-refractivity contribution in [3.63, 3.8) is 0 Å². The van der Waals surface area contributed by atoms with Crippen molar-refractivity contribution in [3.05, 3.63) is 77.5 Å². The average Bonchev–Trinajstić information content (AvgIpc) is 3.38. The molecule has 150 valence electrons. The molecule has 0 saturated heterocycles. The van der Waals surface area contributed by atoms with Gasteiger partial charge in [-0.1, -0.05) is 66.3 Å². The molecular formula is C23H15F3N2OS. The molecule has 4 aromatic rings. The fourth-order valence-corrected chi connectivity index (χ4v) is 4.90. The predicted molar refractivity (Wildman–Crippen MR) is 111 cm³/mol. The topological polar surface area (TPSA) is 38.9 Å². The van der Waals surface area contributed by atoms with E-state index in [-0.39, 0.29) is 16.5 Å². The van der Waals surface area contributed by atoms with E-state index in [0.717, 1.165) is 33.7 Å². The molecule has 2 heterocycles. The van der Waals surface area contributed by atoms with Gasteiger partial charge in [0, 0.05) is 5.56 Å². The zero-order chi connectivity index (χ0) is 20.9. The van der Waals surface area contributed by atoms with Gasteiger partial charge in [-0.05, 0) is 29.5 Å². The fraction of sp³-hybridized carbons (Fsp3) is 0.130. The van der Waals surface area contributed by atoms with Crippen LogP contribution >= 0.6 is 11.3 Å². The molecule has 0 radical (unpaired) electrons. The van der Waals surface area contributed by atoms with E-state index in [2.05, 4.69) is 22.8 Å². The summed E-state index contributed by atoms with van der Waals surface area (Å²) in [5.41, 5.74) is 3.20. The minimum atomic E-state index is -4.62. The smallest absolute Gasteiger partial charge is 0.352 e. The molecule has 5 rings (SSSR count). The highest BCUT2D eigenvalue weighted by molar-refractivity contribution is 7.18. The summed E-state index contributed by atoms with van der Waals surface area (Å²) in [6.45, 7) is 3.79. The molecule has 0 bridgehead atoms. The summed E-state index contributed by atoms with van der Waals surface area (Å²) in [4.78, 5) is 5.39. The van der Waals surface area contributed by atoms with Crippen LogP contribution in [0.1, 0.15) is 22.4 Å². The minimum absolute atomic E-state index is 0.197. The van der Waals surface area contributed by atoms with Gasteiger partial charge in [-0.3, -0.25) is 0 Å². The van der Waals surface area contributed by atoms with Crippen molar-refractivity contribution in [2.45, 2.75) is 19.0 Å². The first-order chi connectivity index (χ1) is 14.5. The van der Waals surface area contributed by atoms with Gasteiger partial charge >= 0.3 is 6.18 Å². The van der Waals surface area contributed by atoms with E-state index >= 15 is 0 Å². The standard InChI is InChI=1S/C23H15F3N2OS/c1-2-13-8-10-16-15(12-13)9-11-17-21(16)30-22(27-17)20-18(23(24,25)26)19(28-29-20)14-6-4-3-5-7-14/h2-8,10,12H,1,9,11H2. The summed E-state index contributed by atoms with van der Waals surface area (Å²) < 4.78 is 47.2. The maximum atomic E-state index is 14.0. The van der Waals surface area contributed by atoms with Crippen LogP contribution in [-0.4, -0.2) is 10.1 Å². The maximum absolute atomic E-state index is 14.0. The largest absolute Gasteiger partial charge is 0.422 e. The molecule has 0 amide bonds. The number of halogens is 3. The molecule has 0 N–H and O–H groups in total. The Balaban J connectivity index is 1.65. The Bertz CT molecular complexity index is 1260. The fourth-order valence-electron chi connectivity index (χ4n) is 3.74. The number of thiazole rings is 1. The number of fused-ring (bicyclic) bond motifs is 3. The zero-order valence-electron chi connectivity index (χ0n) is 15.7. The number of aryl methyl sites for hydroxylation is 2. The molecule has 3 nitrogen and oxygen atoms in total. The second-order valence-electron chi connectivity index (χ2n) is 7.01. The Morgan fingerprint density at radius 3 is 2.60 bits per heavy atom. The quantitative estimate of drug-likeness (QED) is 0.359. The molecule has 2 aromatic heterocycles. The highest BCUT2D eigenvalue weighted by Crippen LogP contribution is 2.47. The molecule has 30 heavy (non-hydrogen) atoms. The number of nitrogens with zero attached hydrogens (tertiary/aromatic N) is 2. The van der Waals surface area contributed by atoms with Crippen LogP contribution in [0.4, 0.5) is 13.2 Å². The molecule has 7 heteroatoms. The summed E-state index contributed by atoms with van der Waals surface area (Å²) >= 11 is 1.21. The lowest BCUT2D eigenvalue weighted by molar-refractivity contribution is -0.136. The molecule has 0 fully saturated rings. The lowest BCUT2D eigenvalue weighted by Gasteiger charge is -2.15. The Hall–Kier alpha value is -3.19. The van der Waals surface area contributed by atoms with E-state index in [0.29, 0.717) is 12.0 Å². The number of alkyl halides is 3. The van der Waals surface area contributed by atoms with Crippen LogP contribution in [-0.2, 0) is 19.0 Å². The third kappa shape index (κ3) is 3.06. The summed E-state index contributed by atoms with van der Waals surface area (Å²) in [6, 6.07) is 14.2. The summed E-state index contributed by atoms with van der Waals surface area (Å²) in [6.07, 6.45) is -1.39. The molecule has 0 unspecified atom stereocenters. The first-order valence-corrected chi connectivity index (χ1v) is 10.2. The van der Waals surface area contributed by atoms with Crippen molar-refractivity contribution in [2.75, 3.05) is 0 Å². The number of rotatable bonds is 3. The molecule has 0 aliphatic heterocycles.